The lowest BCUT2D eigenvalue weighted by Gasteiger charge is -2.26. The second kappa shape index (κ2) is 9.16. The van der Waals surface area contributed by atoms with Crippen molar-refractivity contribution in [2.24, 2.45) is 0 Å². The van der Waals surface area contributed by atoms with E-state index in [1.807, 2.05) is 0 Å². The lowest BCUT2D eigenvalue weighted by molar-refractivity contribution is -0.254. The maximum atomic E-state index is 15.7. The van der Waals surface area contributed by atoms with Crippen molar-refractivity contribution in [3.8, 4) is 0 Å². The number of rotatable bonds is 5. The predicted molar refractivity (Wildman–Crippen MR) is 155 cm³/mol. The first-order chi connectivity index (χ1) is 19.3. The summed E-state index contributed by atoms with van der Waals surface area (Å²) in [6.07, 6.45) is 1.63. The molecular formula is C32H20F6OS2. The molecule has 0 saturated carbocycles. The van der Waals surface area contributed by atoms with Crippen molar-refractivity contribution < 1.29 is 31.1 Å². The van der Waals surface area contributed by atoms with Crippen LogP contribution in [0.15, 0.2) is 73.3 Å². The van der Waals surface area contributed by atoms with E-state index >= 15 is 26.3 Å². The Bertz CT molecular complexity index is 1930. The van der Waals surface area contributed by atoms with Gasteiger partial charge >= 0.3 is 17.8 Å². The van der Waals surface area contributed by atoms with Crippen LogP contribution in [0.1, 0.15) is 42.4 Å². The molecule has 0 N–H and O–H groups in total. The van der Waals surface area contributed by atoms with Crippen molar-refractivity contribution in [2.75, 3.05) is 0 Å². The number of alkyl halides is 6. The zero-order chi connectivity index (χ0) is 29.5. The first-order valence-electron chi connectivity index (χ1n) is 12.5. The molecular weight excluding hydrogens is 578 g/mol. The monoisotopic (exact) mass is 598 g/mol. The van der Waals surface area contributed by atoms with E-state index in [2.05, 4.69) is 6.58 Å². The number of carbonyl (C=O) groups is 1. The topological polar surface area (TPSA) is 17.1 Å². The molecule has 3 aromatic carbocycles. The molecule has 6 rings (SSSR count). The number of thiophene rings is 2. The highest BCUT2D eigenvalue weighted by atomic mass is 32.1. The molecule has 9 heteroatoms. The molecule has 1 aliphatic rings. The average Bonchev–Trinajstić information content (AvgIpc) is 3.47. The van der Waals surface area contributed by atoms with Crippen molar-refractivity contribution >= 4 is 65.9 Å². The second-order valence-electron chi connectivity index (χ2n) is 9.90. The molecule has 0 saturated heterocycles. The summed E-state index contributed by atoms with van der Waals surface area (Å²) >= 11 is 2.07. The van der Waals surface area contributed by atoms with Gasteiger partial charge in [0, 0.05) is 63.3 Å². The minimum Gasteiger partial charge on any atom is -0.289 e. The zero-order valence-corrected chi connectivity index (χ0v) is 23.3. The average molecular weight is 599 g/mol. The number of halogens is 6. The third kappa shape index (κ3) is 3.78. The first kappa shape index (κ1) is 27.5. The van der Waals surface area contributed by atoms with Gasteiger partial charge < -0.3 is 0 Å². The summed E-state index contributed by atoms with van der Waals surface area (Å²) in [5.41, 5.74) is -1.93. The normalized spacial score (nSPS) is 17.5. The fraction of sp³-hybridized carbons (Fsp3) is 0.156. The molecule has 0 unspecified atom stereocenters. The van der Waals surface area contributed by atoms with Crippen LogP contribution in [0.2, 0.25) is 0 Å². The SMILES string of the molecule is C=Cc1ccc(C(=O)c2ccc3c(C4=C(c5c(C)sc6ccccc56)C(F)(F)C(F)(F)C4(F)F)c(C)sc3c2)cc1. The van der Waals surface area contributed by atoms with Crippen LogP contribution in [0, 0.1) is 13.8 Å². The summed E-state index contributed by atoms with van der Waals surface area (Å²) < 4.78 is 93.6. The van der Waals surface area contributed by atoms with E-state index in [1.165, 1.54) is 38.1 Å². The fourth-order valence-electron chi connectivity index (χ4n) is 5.48. The Morgan fingerprint density at radius 1 is 0.707 bits per heavy atom. The van der Waals surface area contributed by atoms with Gasteiger partial charge in [-0.25, -0.2) is 0 Å². The summed E-state index contributed by atoms with van der Waals surface area (Å²) in [6.45, 7) is 6.58. The molecule has 2 aromatic heterocycles. The molecule has 1 aliphatic carbocycles. The molecule has 0 aliphatic heterocycles. The van der Waals surface area contributed by atoms with Crippen molar-refractivity contribution in [1.82, 2.24) is 0 Å². The van der Waals surface area contributed by atoms with Crippen LogP contribution in [-0.2, 0) is 0 Å². The van der Waals surface area contributed by atoms with Crippen LogP contribution < -0.4 is 0 Å². The number of allylic oxidation sites excluding steroid dienone is 2. The number of benzene rings is 3. The van der Waals surface area contributed by atoms with Gasteiger partial charge in [0.2, 0.25) is 0 Å². The first-order valence-corrected chi connectivity index (χ1v) is 14.1. The Kier molecular flexibility index (Phi) is 6.14. The third-order valence-corrected chi connectivity index (χ3v) is 9.63. The molecule has 0 spiro atoms. The number of aryl methyl sites for hydroxylation is 2. The summed E-state index contributed by atoms with van der Waals surface area (Å²) in [6, 6.07) is 17.3. The Morgan fingerprint density at radius 3 is 1.80 bits per heavy atom. The Hall–Kier alpha value is -3.69. The summed E-state index contributed by atoms with van der Waals surface area (Å²) in [7, 11) is 0. The molecule has 0 atom stereocenters. The van der Waals surface area contributed by atoms with Crippen molar-refractivity contribution in [1.29, 1.82) is 0 Å². The van der Waals surface area contributed by atoms with E-state index in [-0.39, 0.29) is 43.0 Å². The van der Waals surface area contributed by atoms with Crippen molar-refractivity contribution in [3.63, 3.8) is 0 Å². The van der Waals surface area contributed by atoms with Gasteiger partial charge in [-0.3, -0.25) is 4.79 Å². The van der Waals surface area contributed by atoms with Gasteiger partial charge in [-0.15, -0.1) is 22.7 Å². The van der Waals surface area contributed by atoms with Gasteiger partial charge in [0.15, 0.2) is 5.78 Å². The maximum absolute atomic E-state index is 15.7. The maximum Gasteiger partial charge on any atom is 0.380 e. The van der Waals surface area contributed by atoms with Gasteiger partial charge in [-0.1, -0.05) is 67.3 Å². The molecule has 2 heterocycles. The number of hydrogen-bond donors (Lipinski definition) is 0. The van der Waals surface area contributed by atoms with Crippen LogP contribution in [0.5, 0.6) is 0 Å². The van der Waals surface area contributed by atoms with E-state index in [4.69, 9.17) is 0 Å². The largest absolute Gasteiger partial charge is 0.380 e. The molecule has 0 fully saturated rings. The summed E-state index contributed by atoms with van der Waals surface area (Å²) in [5, 5.41) is 0.312. The lowest BCUT2D eigenvalue weighted by atomic mass is 9.91. The standard InChI is InChI=1S/C32H20F6OS2/c1-4-18-9-11-19(12-10-18)29(39)20-13-14-22-24(15-20)41-17(3)26(22)28-27(30(33,34)32(37,38)31(28,35)36)25-16(2)40-23-8-6-5-7-21(23)25/h4-15H,1H2,2-3H3. The van der Waals surface area contributed by atoms with Crippen LogP contribution in [0.25, 0.3) is 37.4 Å². The van der Waals surface area contributed by atoms with Gasteiger partial charge in [-0.2, -0.15) is 26.3 Å². The molecule has 41 heavy (non-hydrogen) atoms. The van der Waals surface area contributed by atoms with Crippen LogP contribution in [0.3, 0.4) is 0 Å². The predicted octanol–water partition coefficient (Wildman–Crippen LogP) is 10.4. The molecule has 0 bridgehead atoms. The Balaban J connectivity index is 1.61. The highest BCUT2D eigenvalue weighted by Gasteiger charge is 2.80. The van der Waals surface area contributed by atoms with Gasteiger partial charge in [0.25, 0.3) is 0 Å². The lowest BCUT2D eigenvalue weighted by Crippen LogP contribution is -2.48. The minimum absolute atomic E-state index is 0.101. The fourth-order valence-corrected chi connectivity index (χ4v) is 7.66. The van der Waals surface area contributed by atoms with Crippen LogP contribution in [-0.4, -0.2) is 23.6 Å². The summed E-state index contributed by atoms with van der Waals surface area (Å²) in [4.78, 5) is 13.5. The number of ketones is 1. The van der Waals surface area contributed by atoms with Crippen LogP contribution >= 0.6 is 22.7 Å². The van der Waals surface area contributed by atoms with E-state index in [9.17, 15) is 4.79 Å². The number of carbonyl (C=O) groups excluding carboxylic acids is 1. The highest BCUT2D eigenvalue weighted by Crippen LogP contribution is 2.67. The number of hydrogen-bond acceptors (Lipinski definition) is 3. The van der Waals surface area contributed by atoms with Crippen molar-refractivity contribution in [2.45, 2.75) is 31.6 Å². The van der Waals surface area contributed by atoms with E-state index < -0.39 is 28.9 Å². The number of fused-ring (bicyclic) bond motifs is 2. The van der Waals surface area contributed by atoms with E-state index in [1.54, 1.807) is 48.5 Å². The van der Waals surface area contributed by atoms with Gasteiger partial charge in [-0.05, 0) is 31.5 Å². The van der Waals surface area contributed by atoms with Gasteiger partial charge in [0.1, 0.15) is 0 Å². The summed E-state index contributed by atoms with van der Waals surface area (Å²) in [5.74, 6) is -16.3. The molecule has 0 amide bonds. The highest BCUT2D eigenvalue weighted by molar-refractivity contribution is 7.19. The Morgan fingerprint density at radius 2 is 1.22 bits per heavy atom. The minimum atomic E-state index is -5.66. The van der Waals surface area contributed by atoms with E-state index in [0.717, 1.165) is 28.2 Å². The molecule has 208 valence electrons. The second-order valence-corrected chi connectivity index (χ2v) is 12.4. The molecule has 1 nitrogen and oxygen atoms in total. The molecule has 0 radical (unpaired) electrons. The van der Waals surface area contributed by atoms with Crippen molar-refractivity contribution in [3.05, 3.63) is 111 Å². The van der Waals surface area contributed by atoms with Crippen LogP contribution in [0.4, 0.5) is 26.3 Å². The van der Waals surface area contributed by atoms with E-state index in [0.29, 0.717) is 15.0 Å². The molecule has 5 aromatic rings. The Labute approximate surface area is 239 Å². The smallest absolute Gasteiger partial charge is 0.289 e. The van der Waals surface area contributed by atoms with Gasteiger partial charge in [0.05, 0.1) is 0 Å². The third-order valence-electron chi connectivity index (χ3n) is 7.47. The quantitative estimate of drug-likeness (QED) is 0.145. The zero-order valence-electron chi connectivity index (χ0n) is 21.6.